The van der Waals surface area contributed by atoms with Crippen LogP contribution in [0.1, 0.15) is 40.0 Å². The molecule has 0 amide bonds. The van der Waals surface area contributed by atoms with Gasteiger partial charge in [-0.1, -0.05) is 13.8 Å². The van der Waals surface area contributed by atoms with Crippen LogP contribution in [0.4, 0.5) is 0 Å². The minimum atomic E-state index is -0.132. The number of nitrogens with one attached hydrogen (secondary N) is 1. The van der Waals surface area contributed by atoms with Gasteiger partial charge in [0.25, 0.3) is 0 Å². The summed E-state index contributed by atoms with van der Waals surface area (Å²) in [5.41, 5.74) is -0.132. The lowest BCUT2D eigenvalue weighted by atomic mass is 10.0. The van der Waals surface area contributed by atoms with Gasteiger partial charge >= 0.3 is 0 Å². The number of likely N-dealkylation sites (N-methyl/N-ethyl adjacent to an activating group) is 1. The van der Waals surface area contributed by atoms with E-state index in [4.69, 9.17) is 0 Å². The Kier molecular flexibility index (Phi) is 5.03. The molecule has 3 nitrogen and oxygen atoms in total. The first-order chi connectivity index (χ1) is 7.15. The third kappa shape index (κ3) is 4.09. The summed E-state index contributed by atoms with van der Waals surface area (Å²) in [6.45, 7) is 9.69. The van der Waals surface area contributed by atoms with Crippen molar-refractivity contribution in [1.82, 2.24) is 10.2 Å². The first-order valence-electron chi connectivity index (χ1n) is 6.25. The quantitative estimate of drug-likeness (QED) is 0.638. The van der Waals surface area contributed by atoms with Gasteiger partial charge in [0.1, 0.15) is 0 Å². The molecule has 0 saturated heterocycles. The van der Waals surface area contributed by atoms with E-state index in [1.807, 2.05) is 0 Å². The van der Waals surface area contributed by atoms with E-state index in [0.29, 0.717) is 0 Å². The molecule has 90 valence electrons. The first kappa shape index (κ1) is 12.9. The van der Waals surface area contributed by atoms with Gasteiger partial charge < -0.3 is 10.4 Å². The van der Waals surface area contributed by atoms with Crippen molar-refractivity contribution in [2.75, 3.05) is 26.2 Å². The summed E-state index contributed by atoms with van der Waals surface area (Å²) < 4.78 is 0. The van der Waals surface area contributed by atoms with Gasteiger partial charge in [-0.3, -0.25) is 4.90 Å². The second-order valence-electron chi connectivity index (χ2n) is 4.95. The van der Waals surface area contributed by atoms with E-state index >= 15 is 0 Å². The van der Waals surface area contributed by atoms with Crippen molar-refractivity contribution in [2.24, 2.45) is 0 Å². The molecule has 0 aromatic rings. The first-order valence-corrected chi connectivity index (χ1v) is 6.25. The van der Waals surface area contributed by atoms with E-state index in [1.54, 1.807) is 0 Å². The molecule has 0 aromatic heterocycles. The Labute approximate surface area is 93.9 Å². The lowest BCUT2D eigenvalue weighted by molar-refractivity contribution is 0.117. The van der Waals surface area contributed by atoms with Crippen molar-refractivity contribution in [1.29, 1.82) is 0 Å². The third-order valence-electron chi connectivity index (χ3n) is 3.08. The molecule has 1 fully saturated rings. The van der Waals surface area contributed by atoms with Crippen LogP contribution in [0.5, 0.6) is 0 Å². The van der Waals surface area contributed by atoms with Crippen molar-refractivity contribution < 1.29 is 5.11 Å². The fraction of sp³-hybridized carbons (Fsp3) is 1.00. The molecular formula is C12H26N2O. The molecule has 1 saturated carbocycles. The van der Waals surface area contributed by atoms with Crippen LogP contribution in [0.25, 0.3) is 0 Å². The van der Waals surface area contributed by atoms with Crippen LogP contribution in [0, 0.1) is 0 Å². The molecule has 0 aliphatic heterocycles. The van der Waals surface area contributed by atoms with Crippen LogP contribution >= 0.6 is 0 Å². The maximum Gasteiger partial charge on any atom is 0.0623 e. The minimum absolute atomic E-state index is 0.132. The molecule has 1 rings (SSSR count). The molecule has 0 heterocycles. The normalized spacial score (nSPS) is 20.6. The molecule has 1 aliphatic carbocycles. The maximum absolute atomic E-state index is 9.45. The van der Waals surface area contributed by atoms with Crippen LogP contribution < -0.4 is 5.32 Å². The Morgan fingerprint density at radius 2 is 2.07 bits per heavy atom. The second-order valence-corrected chi connectivity index (χ2v) is 4.95. The molecule has 2 N–H and O–H groups in total. The van der Waals surface area contributed by atoms with E-state index in [-0.39, 0.29) is 12.1 Å². The highest BCUT2D eigenvalue weighted by Gasteiger charge is 2.33. The van der Waals surface area contributed by atoms with Gasteiger partial charge in [0.2, 0.25) is 0 Å². The molecule has 0 radical (unpaired) electrons. The zero-order valence-electron chi connectivity index (χ0n) is 10.4. The average Bonchev–Trinajstić information content (AvgIpc) is 3.01. The molecule has 1 atom stereocenters. The van der Waals surface area contributed by atoms with E-state index < -0.39 is 0 Å². The van der Waals surface area contributed by atoms with Gasteiger partial charge in [-0.15, -0.1) is 0 Å². The van der Waals surface area contributed by atoms with E-state index in [2.05, 4.69) is 31.0 Å². The Hall–Kier alpha value is -0.120. The number of aliphatic hydroxyl groups excluding tert-OH is 1. The van der Waals surface area contributed by atoms with Crippen molar-refractivity contribution in [2.45, 2.75) is 51.6 Å². The van der Waals surface area contributed by atoms with E-state index in [0.717, 1.165) is 25.7 Å². The Morgan fingerprint density at radius 1 is 1.40 bits per heavy atom. The third-order valence-corrected chi connectivity index (χ3v) is 3.08. The molecule has 1 unspecified atom stereocenters. The van der Waals surface area contributed by atoms with Crippen LogP contribution in [0.3, 0.4) is 0 Å². The van der Waals surface area contributed by atoms with Gasteiger partial charge in [0, 0.05) is 12.6 Å². The van der Waals surface area contributed by atoms with Gasteiger partial charge in [0.05, 0.1) is 12.1 Å². The highest BCUT2D eigenvalue weighted by Crippen LogP contribution is 2.28. The zero-order valence-corrected chi connectivity index (χ0v) is 10.4. The lowest BCUT2D eigenvalue weighted by Gasteiger charge is -2.35. The standard InChI is InChI=1S/C12H26N2O/c1-4-8-14(11-6-7-11)9-12(3,10-15)13-5-2/h11,13,15H,4-10H2,1-3H3. The summed E-state index contributed by atoms with van der Waals surface area (Å²) in [6, 6.07) is 0.787. The zero-order chi connectivity index (χ0) is 11.3. The van der Waals surface area contributed by atoms with E-state index in [1.165, 1.54) is 19.3 Å². The van der Waals surface area contributed by atoms with Gasteiger partial charge in [-0.05, 0) is 39.3 Å². The molecule has 15 heavy (non-hydrogen) atoms. The predicted molar refractivity (Wildman–Crippen MR) is 64.1 cm³/mol. The average molecular weight is 214 g/mol. The molecular weight excluding hydrogens is 188 g/mol. The molecule has 0 aromatic carbocycles. The number of hydrogen-bond acceptors (Lipinski definition) is 3. The predicted octanol–water partition coefficient (Wildman–Crippen LogP) is 1.22. The summed E-state index contributed by atoms with van der Waals surface area (Å²) in [5.74, 6) is 0. The highest BCUT2D eigenvalue weighted by molar-refractivity contribution is 4.92. The Balaban J connectivity index is 2.45. The van der Waals surface area contributed by atoms with Crippen molar-refractivity contribution in [3.63, 3.8) is 0 Å². The van der Waals surface area contributed by atoms with Gasteiger partial charge in [0.15, 0.2) is 0 Å². The van der Waals surface area contributed by atoms with Crippen LogP contribution in [0.15, 0.2) is 0 Å². The number of hydrogen-bond donors (Lipinski definition) is 2. The smallest absolute Gasteiger partial charge is 0.0623 e. The van der Waals surface area contributed by atoms with Crippen molar-refractivity contribution in [3.05, 3.63) is 0 Å². The van der Waals surface area contributed by atoms with Crippen LogP contribution in [-0.2, 0) is 0 Å². The van der Waals surface area contributed by atoms with E-state index in [9.17, 15) is 5.11 Å². The largest absolute Gasteiger partial charge is 0.394 e. The maximum atomic E-state index is 9.45. The van der Waals surface area contributed by atoms with Gasteiger partial charge in [-0.2, -0.15) is 0 Å². The summed E-state index contributed by atoms with van der Waals surface area (Å²) in [7, 11) is 0. The second kappa shape index (κ2) is 5.83. The Bertz CT molecular complexity index is 182. The summed E-state index contributed by atoms with van der Waals surface area (Å²) in [5, 5.41) is 12.8. The molecule has 1 aliphatic rings. The fourth-order valence-corrected chi connectivity index (χ4v) is 2.15. The number of rotatable bonds is 8. The topological polar surface area (TPSA) is 35.5 Å². The van der Waals surface area contributed by atoms with Gasteiger partial charge in [-0.25, -0.2) is 0 Å². The minimum Gasteiger partial charge on any atom is -0.394 e. The SMILES string of the molecule is CCCN(CC(C)(CO)NCC)C1CC1. The summed E-state index contributed by atoms with van der Waals surface area (Å²) in [6.07, 6.45) is 3.88. The van der Waals surface area contributed by atoms with Crippen molar-refractivity contribution >= 4 is 0 Å². The van der Waals surface area contributed by atoms with Crippen LogP contribution in [-0.4, -0.2) is 47.8 Å². The number of aliphatic hydroxyl groups is 1. The molecule has 3 heteroatoms. The summed E-state index contributed by atoms with van der Waals surface area (Å²) >= 11 is 0. The van der Waals surface area contributed by atoms with Crippen LogP contribution in [0.2, 0.25) is 0 Å². The fourth-order valence-electron chi connectivity index (χ4n) is 2.15. The lowest BCUT2D eigenvalue weighted by Crippen LogP contribution is -2.54. The monoisotopic (exact) mass is 214 g/mol. The molecule has 0 spiro atoms. The number of nitrogens with zero attached hydrogens (tertiary/aromatic N) is 1. The molecule has 0 bridgehead atoms. The Morgan fingerprint density at radius 3 is 2.47 bits per heavy atom. The summed E-state index contributed by atoms with van der Waals surface area (Å²) in [4.78, 5) is 2.53. The van der Waals surface area contributed by atoms with Crippen molar-refractivity contribution in [3.8, 4) is 0 Å². The highest BCUT2D eigenvalue weighted by atomic mass is 16.3.